The van der Waals surface area contributed by atoms with Crippen LogP contribution in [-0.2, 0) is 13.2 Å². The molecule has 0 radical (unpaired) electrons. The Bertz CT molecular complexity index is 1470. The van der Waals surface area contributed by atoms with Gasteiger partial charge in [-0.1, -0.05) is 48.0 Å². The first-order valence-electron chi connectivity index (χ1n) is 10.6. The average molecular weight is 441 g/mol. The van der Waals surface area contributed by atoms with Gasteiger partial charge in [-0.3, -0.25) is 9.69 Å². The summed E-state index contributed by atoms with van der Waals surface area (Å²) in [7, 11) is 1.99. The molecule has 2 heterocycles. The maximum atomic E-state index is 13.3. The number of fused-ring (bicyclic) bond motifs is 2. The summed E-state index contributed by atoms with van der Waals surface area (Å²) >= 11 is 1.69. The smallest absolute Gasteiger partial charge is 0.275 e. The Kier molecular flexibility index (Phi) is 5.33. The predicted molar refractivity (Wildman–Crippen MR) is 132 cm³/mol. The van der Waals surface area contributed by atoms with Crippen molar-refractivity contribution in [3.63, 3.8) is 0 Å². The van der Waals surface area contributed by atoms with Gasteiger partial charge in [-0.15, -0.1) is 11.3 Å². The Balaban J connectivity index is 1.54. The minimum Gasteiger partial charge on any atom is -0.281 e. The van der Waals surface area contributed by atoms with E-state index in [-0.39, 0.29) is 5.56 Å². The number of hydrogen-bond donors (Lipinski definition) is 0. The zero-order valence-electron chi connectivity index (χ0n) is 18.4. The minimum absolute atomic E-state index is 0.0780. The summed E-state index contributed by atoms with van der Waals surface area (Å²) in [6.07, 6.45) is 0. The van der Waals surface area contributed by atoms with Gasteiger partial charge in [0.2, 0.25) is 0 Å². The Labute approximate surface area is 190 Å². The summed E-state index contributed by atoms with van der Waals surface area (Å²) in [6.45, 7) is 5.20. The van der Waals surface area contributed by atoms with E-state index >= 15 is 0 Å². The van der Waals surface area contributed by atoms with Crippen LogP contribution in [0.3, 0.4) is 0 Å². The van der Waals surface area contributed by atoms with Crippen LogP contribution in [0.2, 0.25) is 0 Å². The number of thiazole rings is 1. The van der Waals surface area contributed by atoms with Gasteiger partial charge in [0.25, 0.3) is 5.56 Å². The molecule has 0 amide bonds. The van der Waals surface area contributed by atoms with Crippen molar-refractivity contribution in [2.75, 3.05) is 7.05 Å². The fourth-order valence-corrected chi connectivity index (χ4v) is 5.07. The van der Waals surface area contributed by atoms with Crippen LogP contribution in [0.4, 0.5) is 0 Å². The standard InChI is InChI=1S/C26H24N4OS/c1-17-12-13-18(2)21(14-17)25-19-8-4-5-9-20(19)26(31)30(28-25)16-29(3)15-24-27-22-10-6-7-11-23(22)32-24/h4-14H,15-16H2,1-3H3. The molecule has 3 aromatic carbocycles. The molecular formula is C26H24N4OS. The van der Waals surface area contributed by atoms with Crippen molar-refractivity contribution in [1.82, 2.24) is 19.7 Å². The molecule has 0 unspecified atom stereocenters. The van der Waals surface area contributed by atoms with Gasteiger partial charge in [-0.25, -0.2) is 9.67 Å². The molecule has 5 nitrogen and oxygen atoms in total. The van der Waals surface area contributed by atoms with E-state index in [2.05, 4.69) is 43.0 Å². The molecule has 0 atom stereocenters. The summed E-state index contributed by atoms with van der Waals surface area (Å²) in [5.74, 6) is 0. The molecule has 0 aliphatic rings. The largest absolute Gasteiger partial charge is 0.281 e. The van der Waals surface area contributed by atoms with Crippen LogP contribution in [0, 0.1) is 13.8 Å². The third kappa shape index (κ3) is 3.83. The van der Waals surface area contributed by atoms with Crippen LogP contribution in [0.15, 0.2) is 71.5 Å². The fraction of sp³-hybridized carbons (Fsp3) is 0.192. The van der Waals surface area contributed by atoms with Gasteiger partial charge >= 0.3 is 0 Å². The second-order valence-electron chi connectivity index (χ2n) is 8.25. The molecule has 0 N–H and O–H groups in total. The van der Waals surface area contributed by atoms with Gasteiger partial charge in [0.15, 0.2) is 0 Å². The molecular weight excluding hydrogens is 416 g/mol. The zero-order chi connectivity index (χ0) is 22.2. The molecule has 0 saturated heterocycles. The van der Waals surface area contributed by atoms with Crippen molar-refractivity contribution in [3.05, 3.63) is 93.2 Å². The van der Waals surface area contributed by atoms with Crippen LogP contribution >= 0.6 is 11.3 Å². The van der Waals surface area contributed by atoms with Crippen LogP contribution in [0.5, 0.6) is 0 Å². The van der Waals surface area contributed by atoms with E-state index in [4.69, 9.17) is 10.1 Å². The van der Waals surface area contributed by atoms with E-state index in [0.717, 1.165) is 32.7 Å². The first-order valence-corrected chi connectivity index (χ1v) is 11.4. The molecule has 2 aromatic heterocycles. The maximum Gasteiger partial charge on any atom is 0.275 e. The van der Waals surface area contributed by atoms with Crippen molar-refractivity contribution < 1.29 is 0 Å². The number of aromatic nitrogens is 3. The zero-order valence-corrected chi connectivity index (χ0v) is 19.2. The second-order valence-corrected chi connectivity index (χ2v) is 9.36. The van der Waals surface area contributed by atoms with Gasteiger partial charge < -0.3 is 0 Å². The highest BCUT2D eigenvalue weighted by atomic mass is 32.1. The molecule has 0 saturated carbocycles. The second kappa shape index (κ2) is 8.30. The van der Waals surface area contributed by atoms with Gasteiger partial charge in [0.1, 0.15) is 5.01 Å². The molecule has 0 spiro atoms. The van der Waals surface area contributed by atoms with Crippen molar-refractivity contribution in [3.8, 4) is 11.3 Å². The van der Waals surface area contributed by atoms with Crippen molar-refractivity contribution >= 4 is 32.3 Å². The van der Waals surface area contributed by atoms with Crippen molar-refractivity contribution in [1.29, 1.82) is 0 Å². The molecule has 5 aromatic rings. The quantitative estimate of drug-likeness (QED) is 0.368. The van der Waals surface area contributed by atoms with Gasteiger partial charge in [-0.05, 0) is 50.7 Å². The average Bonchev–Trinajstić information content (AvgIpc) is 3.19. The number of benzene rings is 3. The predicted octanol–water partition coefficient (Wildman–Crippen LogP) is 5.38. The third-order valence-corrected chi connectivity index (χ3v) is 6.66. The Hall–Kier alpha value is -3.35. The molecule has 0 aliphatic heterocycles. The lowest BCUT2D eigenvalue weighted by Gasteiger charge is -2.18. The lowest BCUT2D eigenvalue weighted by molar-refractivity contribution is 0.241. The highest BCUT2D eigenvalue weighted by Gasteiger charge is 2.15. The highest BCUT2D eigenvalue weighted by Crippen LogP contribution is 2.28. The molecule has 0 bridgehead atoms. The summed E-state index contributed by atoms with van der Waals surface area (Å²) in [4.78, 5) is 20.1. The maximum absolute atomic E-state index is 13.3. The molecule has 0 fully saturated rings. The van der Waals surface area contributed by atoms with E-state index in [9.17, 15) is 4.79 Å². The van der Waals surface area contributed by atoms with Crippen LogP contribution in [0.1, 0.15) is 16.1 Å². The first kappa shape index (κ1) is 20.5. The number of hydrogen-bond acceptors (Lipinski definition) is 5. The van der Waals surface area contributed by atoms with Crippen LogP contribution in [0.25, 0.3) is 32.2 Å². The lowest BCUT2D eigenvalue weighted by atomic mass is 9.99. The SMILES string of the molecule is Cc1ccc(C)c(-c2nn(CN(C)Cc3nc4ccccc4s3)c(=O)c3ccccc23)c1. The summed E-state index contributed by atoms with van der Waals surface area (Å²) in [5, 5.41) is 7.44. The number of rotatable bonds is 5. The Morgan fingerprint density at radius 1 is 0.969 bits per heavy atom. The number of nitrogens with zero attached hydrogens (tertiary/aromatic N) is 4. The molecule has 32 heavy (non-hydrogen) atoms. The lowest BCUT2D eigenvalue weighted by Crippen LogP contribution is -2.32. The first-order chi connectivity index (χ1) is 15.5. The van der Waals surface area contributed by atoms with Crippen molar-refractivity contribution in [2.24, 2.45) is 0 Å². The molecule has 6 heteroatoms. The van der Waals surface area contributed by atoms with E-state index < -0.39 is 0 Å². The monoisotopic (exact) mass is 440 g/mol. The van der Waals surface area contributed by atoms with Gasteiger partial charge in [0.05, 0.1) is 34.5 Å². The number of para-hydroxylation sites is 1. The van der Waals surface area contributed by atoms with Crippen molar-refractivity contribution in [2.45, 2.75) is 27.1 Å². The third-order valence-electron chi connectivity index (χ3n) is 5.63. The van der Waals surface area contributed by atoms with Gasteiger partial charge in [-0.2, -0.15) is 5.10 Å². The summed E-state index contributed by atoms with van der Waals surface area (Å²) in [5.41, 5.74) is 5.15. The van der Waals surface area contributed by atoms with Crippen LogP contribution < -0.4 is 5.56 Å². The topological polar surface area (TPSA) is 51.0 Å². The highest BCUT2D eigenvalue weighted by molar-refractivity contribution is 7.18. The Morgan fingerprint density at radius 3 is 2.53 bits per heavy atom. The van der Waals surface area contributed by atoms with E-state index in [1.54, 1.807) is 16.0 Å². The minimum atomic E-state index is -0.0780. The molecule has 0 aliphatic carbocycles. The normalized spacial score (nSPS) is 11.6. The summed E-state index contributed by atoms with van der Waals surface area (Å²) < 4.78 is 2.75. The Morgan fingerprint density at radius 2 is 1.72 bits per heavy atom. The fourth-order valence-electron chi connectivity index (χ4n) is 4.02. The van der Waals surface area contributed by atoms with E-state index in [1.165, 1.54) is 10.3 Å². The molecule has 160 valence electrons. The number of aryl methyl sites for hydroxylation is 2. The van der Waals surface area contributed by atoms with E-state index in [1.807, 2.05) is 49.5 Å². The summed E-state index contributed by atoms with van der Waals surface area (Å²) in [6, 6.07) is 22.2. The van der Waals surface area contributed by atoms with Gasteiger partial charge in [0, 0.05) is 10.9 Å². The molecule has 5 rings (SSSR count). The van der Waals surface area contributed by atoms with E-state index in [0.29, 0.717) is 18.6 Å². The van der Waals surface area contributed by atoms with Crippen LogP contribution in [-0.4, -0.2) is 26.7 Å².